The normalized spacial score (nSPS) is 19.3. The van der Waals surface area contributed by atoms with Crippen molar-refractivity contribution < 1.29 is 22.7 Å². The Morgan fingerprint density at radius 3 is 2.78 bits per heavy atom. The van der Waals surface area contributed by atoms with E-state index in [0.717, 1.165) is 34.7 Å². The molecule has 0 bridgehead atoms. The highest BCUT2D eigenvalue weighted by Crippen LogP contribution is 2.36. The number of H-pyrrole nitrogens is 1. The van der Waals surface area contributed by atoms with Gasteiger partial charge >= 0.3 is 12.2 Å². The second kappa shape index (κ2) is 8.51. The summed E-state index contributed by atoms with van der Waals surface area (Å²) in [7, 11) is 3.52. The number of nitrogens with one attached hydrogen (secondary N) is 3. The summed E-state index contributed by atoms with van der Waals surface area (Å²) in [6, 6.07) is 7.97. The fraction of sp³-hybridized carbons (Fsp3) is 0.333. The van der Waals surface area contributed by atoms with Gasteiger partial charge in [-0.3, -0.25) is 4.90 Å². The molecule has 0 spiro atoms. The molecule has 1 aliphatic rings. The first kappa shape index (κ1) is 22.2. The number of carbonyl (C=O) groups is 1. The number of likely N-dealkylation sites (tertiary alicyclic amines) is 1. The van der Waals surface area contributed by atoms with E-state index >= 15 is 0 Å². The van der Waals surface area contributed by atoms with Gasteiger partial charge in [0.1, 0.15) is 11.6 Å². The van der Waals surface area contributed by atoms with Crippen LogP contribution in [0.25, 0.3) is 11.0 Å². The van der Waals surface area contributed by atoms with Crippen LogP contribution in [0.5, 0.6) is 5.75 Å². The average molecular weight is 468 g/mol. The Bertz CT molecular complexity index is 1150. The fourth-order valence-corrected chi connectivity index (χ4v) is 4.11. The third-order valence-corrected chi connectivity index (χ3v) is 5.77. The lowest BCUT2D eigenvalue weighted by Gasteiger charge is -2.16. The number of alkyl halides is 3. The number of urea groups is 1. The lowest BCUT2D eigenvalue weighted by molar-refractivity contribution is -0.137. The molecule has 2 unspecified atom stereocenters. The molecule has 0 aliphatic carbocycles. The van der Waals surface area contributed by atoms with E-state index in [4.69, 9.17) is 16.3 Å². The van der Waals surface area contributed by atoms with E-state index in [-0.39, 0.29) is 17.8 Å². The van der Waals surface area contributed by atoms with Crippen LogP contribution in [-0.2, 0) is 6.18 Å². The van der Waals surface area contributed by atoms with Gasteiger partial charge in [-0.25, -0.2) is 9.78 Å². The Morgan fingerprint density at radius 2 is 2.06 bits per heavy atom. The van der Waals surface area contributed by atoms with Gasteiger partial charge in [0.25, 0.3) is 0 Å². The van der Waals surface area contributed by atoms with Gasteiger partial charge in [0.2, 0.25) is 0 Å². The summed E-state index contributed by atoms with van der Waals surface area (Å²) in [5.74, 6) is 1.49. The number of hydrogen-bond acceptors (Lipinski definition) is 4. The van der Waals surface area contributed by atoms with Gasteiger partial charge in [0.15, 0.2) is 0 Å². The number of methoxy groups -OCH3 is 1. The van der Waals surface area contributed by atoms with Gasteiger partial charge in [0, 0.05) is 24.3 Å². The largest absolute Gasteiger partial charge is 0.497 e. The summed E-state index contributed by atoms with van der Waals surface area (Å²) in [6.45, 7) is 0.562. The van der Waals surface area contributed by atoms with E-state index in [2.05, 4.69) is 25.5 Å². The van der Waals surface area contributed by atoms with E-state index in [1.54, 1.807) is 7.11 Å². The monoisotopic (exact) mass is 467 g/mol. The molecule has 1 saturated heterocycles. The van der Waals surface area contributed by atoms with Gasteiger partial charge < -0.3 is 20.4 Å². The van der Waals surface area contributed by atoms with Crippen molar-refractivity contribution >= 4 is 34.4 Å². The van der Waals surface area contributed by atoms with Gasteiger partial charge in [-0.05, 0) is 43.8 Å². The summed E-state index contributed by atoms with van der Waals surface area (Å²) in [5.41, 5.74) is 0.671. The van der Waals surface area contributed by atoms with Crippen LogP contribution in [0.2, 0.25) is 5.02 Å². The number of aromatic nitrogens is 2. The first-order chi connectivity index (χ1) is 15.1. The highest BCUT2D eigenvalue weighted by atomic mass is 35.5. The molecule has 2 amide bonds. The summed E-state index contributed by atoms with van der Waals surface area (Å²) in [4.78, 5) is 22.4. The quantitative estimate of drug-likeness (QED) is 0.514. The van der Waals surface area contributed by atoms with Crippen molar-refractivity contribution in [3.8, 4) is 5.75 Å². The second-order valence-electron chi connectivity index (χ2n) is 7.68. The van der Waals surface area contributed by atoms with Crippen LogP contribution in [-0.4, -0.2) is 47.6 Å². The Kier molecular flexibility index (Phi) is 5.91. The molecule has 1 aromatic heterocycles. The second-order valence-corrected chi connectivity index (χ2v) is 8.09. The minimum absolute atomic E-state index is 0.00774. The molecule has 1 fully saturated rings. The molecule has 2 atom stereocenters. The number of nitrogens with zero attached hydrogens (tertiary/aromatic N) is 2. The van der Waals surface area contributed by atoms with Crippen molar-refractivity contribution in [2.75, 3.05) is 26.0 Å². The number of likely N-dealkylation sites (N-methyl/N-ethyl adjacent to an activating group) is 1. The smallest absolute Gasteiger partial charge is 0.417 e. The van der Waals surface area contributed by atoms with Gasteiger partial charge in [-0.1, -0.05) is 11.6 Å². The molecule has 2 aromatic carbocycles. The van der Waals surface area contributed by atoms with Crippen molar-refractivity contribution in [1.82, 2.24) is 20.2 Å². The molecule has 11 heteroatoms. The van der Waals surface area contributed by atoms with Crippen LogP contribution in [0.3, 0.4) is 0 Å². The predicted molar refractivity (Wildman–Crippen MR) is 115 cm³/mol. The third-order valence-electron chi connectivity index (χ3n) is 5.44. The van der Waals surface area contributed by atoms with Gasteiger partial charge in [-0.15, -0.1) is 0 Å². The molecule has 7 nitrogen and oxygen atoms in total. The zero-order valence-electron chi connectivity index (χ0n) is 17.3. The van der Waals surface area contributed by atoms with E-state index in [1.165, 1.54) is 6.07 Å². The third kappa shape index (κ3) is 4.61. The maximum absolute atomic E-state index is 13.0. The Balaban J connectivity index is 1.41. The Morgan fingerprint density at radius 1 is 1.28 bits per heavy atom. The molecule has 0 saturated carbocycles. The molecular formula is C21H21ClF3N5O2. The zero-order valence-corrected chi connectivity index (χ0v) is 18.0. The molecule has 1 aliphatic heterocycles. The minimum Gasteiger partial charge on any atom is -0.497 e. The van der Waals surface area contributed by atoms with E-state index in [0.29, 0.717) is 13.0 Å². The molecule has 32 heavy (non-hydrogen) atoms. The number of ether oxygens (including phenoxy) is 1. The maximum Gasteiger partial charge on any atom is 0.417 e. The average Bonchev–Trinajstić information content (AvgIpc) is 3.30. The van der Waals surface area contributed by atoms with E-state index < -0.39 is 22.8 Å². The van der Waals surface area contributed by atoms with Crippen LogP contribution >= 0.6 is 11.6 Å². The van der Waals surface area contributed by atoms with Gasteiger partial charge in [-0.2, -0.15) is 13.2 Å². The molecule has 4 rings (SSSR count). The molecule has 0 radical (unpaired) electrons. The number of imidazole rings is 1. The fourth-order valence-electron chi connectivity index (χ4n) is 3.89. The number of amides is 2. The van der Waals surface area contributed by atoms with Crippen molar-refractivity contribution in [3.05, 3.63) is 52.8 Å². The summed E-state index contributed by atoms with van der Waals surface area (Å²) in [5, 5.41) is 4.84. The lowest BCUT2D eigenvalue weighted by atomic mass is 10.1. The van der Waals surface area contributed by atoms with Crippen molar-refractivity contribution in [2.24, 2.45) is 0 Å². The van der Waals surface area contributed by atoms with Crippen LogP contribution < -0.4 is 15.4 Å². The number of carbonyl (C=O) groups excluding carboxylic acids is 1. The van der Waals surface area contributed by atoms with Gasteiger partial charge in [0.05, 0.1) is 34.8 Å². The summed E-state index contributed by atoms with van der Waals surface area (Å²) in [6.07, 6.45) is -4.02. The van der Waals surface area contributed by atoms with Crippen molar-refractivity contribution in [3.63, 3.8) is 0 Å². The van der Waals surface area contributed by atoms with Crippen molar-refractivity contribution in [1.29, 1.82) is 0 Å². The molecule has 2 heterocycles. The maximum atomic E-state index is 13.0. The number of anilines is 1. The summed E-state index contributed by atoms with van der Waals surface area (Å²) >= 11 is 5.62. The molecule has 170 valence electrons. The number of halogens is 4. The lowest BCUT2D eigenvalue weighted by Crippen LogP contribution is -2.39. The van der Waals surface area contributed by atoms with Crippen LogP contribution in [0.4, 0.5) is 23.7 Å². The Labute approximate surface area is 186 Å². The number of benzene rings is 2. The SMILES string of the molecule is COc1ccc2nc(C3CC(NC(=O)Nc4ccc(Cl)c(C(F)(F)F)c4)CN3C)[nH]c2c1. The minimum atomic E-state index is -4.61. The highest BCUT2D eigenvalue weighted by Gasteiger charge is 2.35. The van der Waals surface area contributed by atoms with Crippen LogP contribution in [0.1, 0.15) is 23.9 Å². The standard InChI is InChI=1S/C21H21ClF3N5O2/c1-30-10-12(8-18(30)19-28-16-6-4-13(32-2)9-17(16)29-19)27-20(31)26-11-3-5-15(22)14(7-11)21(23,24)25/h3-7,9,12,18H,8,10H2,1-2H3,(H,28,29)(H2,26,27,31). The zero-order chi connectivity index (χ0) is 23.0. The Hall–Kier alpha value is -2.98. The molecule has 3 aromatic rings. The number of rotatable bonds is 4. The van der Waals surface area contributed by atoms with Crippen LogP contribution in [0, 0.1) is 0 Å². The topological polar surface area (TPSA) is 82.3 Å². The van der Waals surface area contributed by atoms with Crippen LogP contribution in [0.15, 0.2) is 36.4 Å². The van der Waals surface area contributed by atoms with E-state index in [1.807, 2.05) is 25.2 Å². The molecule has 3 N–H and O–H groups in total. The van der Waals surface area contributed by atoms with E-state index in [9.17, 15) is 18.0 Å². The first-order valence-electron chi connectivity index (χ1n) is 9.82. The summed E-state index contributed by atoms with van der Waals surface area (Å²) < 4.78 is 44.3. The number of hydrogen-bond donors (Lipinski definition) is 3. The predicted octanol–water partition coefficient (Wildman–Crippen LogP) is 4.81. The first-order valence-corrected chi connectivity index (χ1v) is 10.2. The number of aromatic amines is 1. The molecular weight excluding hydrogens is 447 g/mol. The highest BCUT2D eigenvalue weighted by molar-refractivity contribution is 6.31. The number of fused-ring (bicyclic) bond motifs is 1. The van der Waals surface area contributed by atoms with Crippen molar-refractivity contribution in [2.45, 2.75) is 24.7 Å².